The number of amides is 1. The lowest BCUT2D eigenvalue weighted by atomic mass is 9.92. The maximum absolute atomic E-state index is 12.4. The van der Waals surface area contributed by atoms with Gasteiger partial charge in [0.2, 0.25) is 5.91 Å². The largest absolute Gasteiger partial charge is 0.493 e. The van der Waals surface area contributed by atoms with Crippen LogP contribution in [0.3, 0.4) is 0 Å². The van der Waals surface area contributed by atoms with Crippen molar-refractivity contribution in [2.24, 2.45) is 0 Å². The van der Waals surface area contributed by atoms with Crippen LogP contribution in [0, 0.1) is 0 Å². The van der Waals surface area contributed by atoms with Crippen LogP contribution in [0.4, 0.5) is 0 Å². The molecular weight excluding hydrogens is 280 g/mol. The van der Waals surface area contributed by atoms with E-state index in [2.05, 4.69) is 19.2 Å². The van der Waals surface area contributed by atoms with Gasteiger partial charge in [-0.15, -0.1) is 0 Å². The summed E-state index contributed by atoms with van der Waals surface area (Å²) in [6.07, 6.45) is 1.88. The number of methoxy groups -OCH3 is 2. The smallest absolute Gasteiger partial charge is 0.237 e. The molecule has 2 rings (SSSR count). The summed E-state index contributed by atoms with van der Waals surface area (Å²) in [5, 5.41) is 3.18. The summed E-state index contributed by atoms with van der Waals surface area (Å²) in [6, 6.07) is 4.08. The first-order valence-electron chi connectivity index (χ1n) is 7.87. The first-order valence-corrected chi connectivity index (χ1v) is 7.87. The molecule has 0 aliphatic carbocycles. The number of ether oxygens (including phenoxy) is 2. The highest BCUT2D eigenvalue weighted by molar-refractivity contribution is 5.79. The third-order valence-corrected chi connectivity index (χ3v) is 4.21. The zero-order chi connectivity index (χ0) is 16.1. The minimum atomic E-state index is 0.0551. The molecular formula is C17H26N2O3. The Bertz CT molecular complexity index is 531. The second kappa shape index (κ2) is 7.49. The second-order valence-electron chi connectivity index (χ2n) is 5.60. The van der Waals surface area contributed by atoms with Crippen LogP contribution < -0.4 is 14.8 Å². The predicted octanol–water partition coefficient (Wildman–Crippen LogP) is 2.15. The Balaban J connectivity index is 2.18. The maximum atomic E-state index is 12.4. The summed E-state index contributed by atoms with van der Waals surface area (Å²) < 4.78 is 10.7. The van der Waals surface area contributed by atoms with Gasteiger partial charge in [0.25, 0.3) is 0 Å². The van der Waals surface area contributed by atoms with Crippen LogP contribution in [-0.2, 0) is 11.2 Å². The molecule has 0 bridgehead atoms. The van der Waals surface area contributed by atoms with E-state index in [1.165, 1.54) is 5.56 Å². The summed E-state index contributed by atoms with van der Waals surface area (Å²) in [5.41, 5.74) is 2.38. The Morgan fingerprint density at radius 1 is 1.32 bits per heavy atom. The summed E-state index contributed by atoms with van der Waals surface area (Å²) >= 11 is 0. The van der Waals surface area contributed by atoms with Crippen molar-refractivity contribution in [3.8, 4) is 11.5 Å². The van der Waals surface area contributed by atoms with E-state index in [4.69, 9.17) is 9.47 Å². The fraction of sp³-hybridized carbons (Fsp3) is 0.588. The third kappa shape index (κ3) is 3.35. The third-order valence-electron chi connectivity index (χ3n) is 4.21. The van der Waals surface area contributed by atoms with Crippen molar-refractivity contribution in [2.75, 3.05) is 33.9 Å². The van der Waals surface area contributed by atoms with Gasteiger partial charge in [0, 0.05) is 6.54 Å². The van der Waals surface area contributed by atoms with Crippen molar-refractivity contribution < 1.29 is 14.3 Å². The zero-order valence-corrected chi connectivity index (χ0v) is 13.9. The first kappa shape index (κ1) is 16.6. The molecule has 0 fully saturated rings. The Hall–Kier alpha value is -1.75. The van der Waals surface area contributed by atoms with Crippen molar-refractivity contribution >= 4 is 5.91 Å². The highest BCUT2D eigenvalue weighted by Gasteiger charge is 2.28. The van der Waals surface area contributed by atoms with Crippen molar-refractivity contribution in [1.82, 2.24) is 10.2 Å². The molecule has 1 amide bonds. The van der Waals surface area contributed by atoms with E-state index in [0.717, 1.165) is 37.2 Å². The Kier molecular flexibility index (Phi) is 5.66. The molecule has 0 spiro atoms. The molecule has 1 aromatic rings. The molecule has 0 aromatic heterocycles. The van der Waals surface area contributed by atoms with E-state index >= 15 is 0 Å². The molecule has 1 atom stereocenters. The molecule has 1 aliphatic heterocycles. The lowest BCUT2D eigenvalue weighted by molar-refractivity contribution is -0.132. The molecule has 1 heterocycles. The van der Waals surface area contributed by atoms with Gasteiger partial charge in [0.1, 0.15) is 0 Å². The lowest BCUT2D eigenvalue weighted by Crippen LogP contribution is -2.43. The molecule has 0 saturated carbocycles. The average molecular weight is 306 g/mol. The molecule has 1 aromatic carbocycles. The molecule has 0 saturated heterocycles. The number of benzene rings is 1. The van der Waals surface area contributed by atoms with Crippen LogP contribution in [0.2, 0.25) is 0 Å². The van der Waals surface area contributed by atoms with Gasteiger partial charge >= 0.3 is 0 Å². The first-order chi connectivity index (χ1) is 10.6. The number of fused-ring (bicyclic) bond motifs is 1. The number of carbonyl (C=O) groups excluding carboxylic acids is 1. The molecule has 122 valence electrons. The highest BCUT2D eigenvalue weighted by atomic mass is 16.5. The fourth-order valence-corrected chi connectivity index (χ4v) is 2.96. The summed E-state index contributed by atoms with van der Waals surface area (Å²) in [7, 11) is 3.28. The number of rotatable bonds is 6. The van der Waals surface area contributed by atoms with Crippen LogP contribution in [-0.4, -0.2) is 44.7 Å². The molecule has 0 radical (unpaired) electrons. The summed E-state index contributed by atoms with van der Waals surface area (Å²) in [4.78, 5) is 14.3. The Labute approximate surface area is 132 Å². The zero-order valence-electron chi connectivity index (χ0n) is 13.9. The van der Waals surface area contributed by atoms with Gasteiger partial charge in [-0.2, -0.15) is 0 Å². The van der Waals surface area contributed by atoms with E-state index in [1.54, 1.807) is 14.2 Å². The van der Waals surface area contributed by atoms with Crippen LogP contribution in [0.15, 0.2) is 12.1 Å². The quantitative estimate of drug-likeness (QED) is 0.818. The van der Waals surface area contributed by atoms with Gasteiger partial charge in [0.15, 0.2) is 11.5 Å². The molecule has 1 aliphatic rings. The van der Waals surface area contributed by atoms with Crippen LogP contribution in [0.5, 0.6) is 11.5 Å². The molecule has 22 heavy (non-hydrogen) atoms. The number of carbonyl (C=O) groups is 1. The van der Waals surface area contributed by atoms with E-state index in [9.17, 15) is 4.79 Å². The van der Waals surface area contributed by atoms with E-state index < -0.39 is 0 Å². The van der Waals surface area contributed by atoms with Crippen molar-refractivity contribution in [3.05, 3.63) is 23.3 Å². The van der Waals surface area contributed by atoms with Gasteiger partial charge in [0.05, 0.1) is 26.8 Å². The monoisotopic (exact) mass is 306 g/mol. The average Bonchev–Trinajstić information content (AvgIpc) is 2.54. The highest BCUT2D eigenvalue weighted by Crippen LogP contribution is 2.37. The van der Waals surface area contributed by atoms with Gasteiger partial charge in [-0.3, -0.25) is 4.79 Å². The predicted molar refractivity (Wildman–Crippen MR) is 86.5 cm³/mol. The van der Waals surface area contributed by atoms with Crippen molar-refractivity contribution in [2.45, 2.75) is 32.7 Å². The van der Waals surface area contributed by atoms with Gasteiger partial charge in [-0.1, -0.05) is 6.92 Å². The Morgan fingerprint density at radius 2 is 2.00 bits per heavy atom. The van der Waals surface area contributed by atoms with E-state index in [1.807, 2.05) is 17.0 Å². The van der Waals surface area contributed by atoms with Gasteiger partial charge < -0.3 is 19.7 Å². The number of nitrogens with one attached hydrogen (secondary N) is 1. The minimum Gasteiger partial charge on any atom is -0.493 e. The van der Waals surface area contributed by atoms with Gasteiger partial charge in [-0.25, -0.2) is 0 Å². The van der Waals surface area contributed by atoms with Crippen molar-refractivity contribution in [3.63, 3.8) is 0 Å². The van der Waals surface area contributed by atoms with Crippen LogP contribution in [0.1, 0.15) is 37.4 Å². The molecule has 5 heteroatoms. The summed E-state index contributed by atoms with van der Waals surface area (Å²) in [6.45, 7) is 6.19. The van der Waals surface area contributed by atoms with Gasteiger partial charge in [-0.05, 0) is 49.6 Å². The number of hydrogen-bond acceptors (Lipinski definition) is 4. The molecule has 1 N–H and O–H groups in total. The van der Waals surface area contributed by atoms with E-state index in [-0.39, 0.29) is 11.9 Å². The Morgan fingerprint density at radius 3 is 2.64 bits per heavy atom. The number of nitrogens with zero attached hydrogens (tertiary/aromatic N) is 1. The number of hydrogen-bond donors (Lipinski definition) is 1. The topological polar surface area (TPSA) is 50.8 Å². The molecule has 5 nitrogen and oxygen atoms in total. The minimum absolute atomic E-state index is 0.0551. The van der Waals surface area contributed by atoms with E-state index in [0.29, 0.717) is 12.3 Å². The second-order valence-corrected chi connectivity index (χ2v) is 5.60. The maximum Gasteiger partial charge on any atom is 0.237 e. The molecule has 1 unspecified atom stereocenters. The standard InChI is InChI=1S/C17H26N2O3/c1-5-7-18-11-17(20)19-8-6-13-9-15(21-3)16(22-4)10-14(13)12(19)2/h9-10,12,18H,5-8,11H2,1-4H3. The normalized spacial score (nSPS) is 17.1. The summed E-state index contributed by atoms with van der Waals surface area (Å²) in [5.74, 6) is 1.62. The lowest BCUT2D eigenvalue weighted by Gasteiger charge is -2.36. The van der Waals surface area contributed by atoms with Crippen molar-refractivity contribution in [1.29, 1.82) is 0 Å². The van der Waals surface area contributed by atoms with Crippen LogP contribution >= 0.6 is 0 Å². The fourth-order valence-electron chi connectivity index (χ4n) is 2.96. The van der Waals surface area contributed by atoms with Crippen LogP contribution in [0.25, 0.3) is 0 Å². The SMILES string of the molecule is CCCNCC(=O)N1CCc2cc(OC)c(OC)cc2C1C.